The second-order valence-corrected chi connectivity index (χ2v) is 5.47. The van der Waals surface area contributed by atoms with Gasteiger partial charge >= 0.3 is 0 Å². The van der Waals surface area contributed by atoms with Crippen LogP contribution in [0.1, 0.15) is 19.5 Å². The first-order valence-corrected chi connectivity index (χ1v) is 6.42. The van der Waals surface area contributed by atoms with Crippen LogP contribution in [0.5, 0.6) is 0 Å². The van der Waals surface area contributed by atoms with Gasteiger partial charge in [0.1, 0.15) is 0 Å². The lowest BCUT2D eigenvalue weighted by molar-refractivity contribution is 0.549. The van der Waals surface area contributed by atoms with Crippen LogP contribution in [-0.4, -0.2) is 11.5 Å². The van der Waals surface area contributed by atoms with Crippen molar-refractivity contribution in [3.8, 4) is 0 Å². The molecule has 0 unspecified atom stereocenters. The predicted molar refractivity (Wildman–Crippen MR) is 72.5 cm³/mol. The monoisotopic (exact) mass is 280 g/mol. The van der Waals surface area contributed by atoms with Crippen LogP contribution in [0.4, 0.5) is 0 Å². The molecule has 1 aromatic heterocycles. The second kappa shape index (κ2) is 5.02. The minimum atomic E-state index is 0.693. The summed E-state index contributed by atoms with van der Waals surface area (Å²) in [5, 5.41) is 4.69. The molecule has 0 spiro atoms. The largest absolute Gasteiger partial charge is 0.357 e. The lowest BCUT2D eigenvalue weighted by atomic mass is 10.2. The fourth-order valence-corrected chi connectivity index (χ4v) is 2.13. The first-order chi connectivity index (χ1) is 7.65. The van der Waals surface area contributed by atoms with Crippen molar-refractivity contribution < 1.29 is 0 Å². The van der Waals surface area contributed by atoms with Gasteiger partial charge in [-0.25, -0.2) is 0 Å². The van der Waals surface area contributed by atoms with E-state index in [-0.39, 0.29) is 0 Å². The summed E-state index contributed by atoms with van der Waals surface area (Å²) >= 11 is 3.48. The number of halogens is 1. The van der Waals surface area contributed by atoms with E-state index in [1.165, 1.54) is 16.6 Å². The quantitative estimate of drug-likeness (QED) is 0.879. The van der Waals surface area contributed by atoms with Crippen molar-refractivity contribution in [2.75, 3.05) is 6.54 Å². The van der Waals surface area contributed by atoms with E-state index < -0.39 is 0 Å². The number of aromatic nitrogens is 1. The zero-order valence-electron chi connectivity index (χ0n) is 9.68. The third kappa shape index (κ3) is 2.86. The number of rotatable bonds is 4. The van der Waals surface area contributed by atoms with Crippen LogP contribution in [0.25, 0.3) is 10.9 Å². The Bertz CT molecular complexity index is 474. The van der Waals surface area contributed by atoms with Crippen molar-refractivity contribution in [1.29, 1.82) is 0 Å². The summed E-state index contributed by atoms with van der Waals surface area (Å²) in [5.41, 5.74) is 2.44. The molecule has 2 rings (SSSR count). The first kappa shape index (κ1) is 11.7. The van der Waals surface area contributed by atoms with Crippen LogP contribution in [0.15, 0.2) is 28.7 Å². The summed E-state index contributed by atoms with van der Waals surface area (Å²) < 4.78 is 1.13. The van der Waals surface area contributed by atoms with E-state index in [0.717, 1.165) is 17.6 Å². The Labute approximate surface area is 105 Å². The molecule has 0 amide bonds. The Morgan fingerprint density at radius 2 is 2.12 bits per heavy atom. The summed E-state index contributed by atoms with van der Waals surface area (Å²) in [7, 11) is 0. The fraction of sp³-hybridized carbons (Fsp3) is 0.385. The highest BCUT2D eigenvalue weighted by Crippen LogP contribution is 2.20. The van der Waals surface area contributed by atoms with Gasteiger partial charge in [-0.15, -0.1) is 0 Å². The zero-order valence-corrected chi connectivity index (χ0v) is 11.3. The topological polar surface area (TPSA) is 27.8 Å². The van der Waals surface area contributed by atoms with Gasteiger partial charge in [-0.1, -0.05) is 29.8 Å². The summed E-state index contributed by atoms with van der Waals surface area (Å²) in [4.78, 5) is 3.41. The van der Waals surface area contributed by atoms with Crippen LogP contribution < -0.4 is 5.32 Å². The van der Waals surface area contributed by atoms with Crippen molar-refractivity contribution in [2.24, 2.45) is 5.92 Å². The summed E-state index contributed by atoms with van der Waals surface area (Å²) in [6.07, 6.45) is 0. The molecule has 0 saturated heterocycles. The van der Waals surface area contributed by atoms with Crippen molar-refractivity contribution in [3.05, 3.63) is 34.4 Å². The van der Waals surface area contributed by atoms with Gasteiger partial charge in [0.05, 0.1) is 0 Å². The minimum Gasteiger partial charge on any atom is -0.357 e. The molecule has 0 saturated carbocycles. The van der Waals surface area contributed by atoms with Gasteiger partial charge in [-0.3, -0.25) is 0 Å². The number of H-pyrrole nitrogens is 1. The van der Waals surface area contributed by atoms with Crippen LogP contribution in [0, 0.1) is 5.92 Å². The molecular formula is C13H17BrN2. The second-order valence-electron chi connectivity index (χ2n) is 4.55. The first-order valence-electron chi connectivity index (χ1n) is 5.63. The molecular weight excluding hydrogens is 264 g/mol. The highest BCUT2D eigenvalue weighted by atomic mass is 79.9. The van der Waals surface area contributed by atoms with E-state index in [2.05, 4.69) is 64.3 Å². The maximum absolute atomic E-state index is 3.48. The van der Waals surface area contributed by atoms with Gasteiger partial charge in [-0.05, 0) is 36.7 Å². The number of benzene rings is 1. The Morgan fingerprint density at radius 1 is 1.31 bits per heavy atom. The van der Waals surface area contributed by atoms with Crippen molar-refractivity contribution in [3.63, 3.8) is 0 Å². The van der Waals surface area contributed by atoms with Crippen molar-refractivity contribution in [2.45, 2.75) is 20.4 Å². The molecule has 3 heteroatoms. The average Bonchev–Trinajstić information content (AvgIpc) is 2.58. The van der Waals surface area contributed by atoms with E-state index >= 15 is 0 Å². The maximum Gasteiger partial charge on any atom is 0.0457 e. The highest BCUT2D eigenvalue weighted by Gasteiger charge is 2.01. The molecule has 0 radical (unpaired) electrons. The third-order valence-electron chi connectivity index (χ3n) is 2.51. The molecule has 16 heavy (non-hydrogen) atoms. The molecule has 0 aliphatic carbocycles. The standard InChI is InChI=1S/C13H17BrN2/c1-9(2)7-15-8-12-6-10-5-11(14)3-4-13(10)16-12/h3-6,9,15-16H,7-8H2,1-2H3. The lowest BCUT2D eigenvalue weighted by Gasteiger charge is -2.05. The molecule has 0 aliphatic heterocycles. The van der Waals surface area contributed by atoms with Gasteiger partial charge < -0.3 is 10.3 Å². The molecule has 1 aromatic carbocycles. The predicted octanol–water partition coefficient (Wildman–Crippen LogP) is 3.68. The van der Waals surface area contributed by atoms with Crippen molar-refractivity contribution in [1.82, 2.24) is 10.3 Å². The summed E-state index contributed by atoms with van der Waals surface area (Å²) in [5.74, 6) is 0.693. The van der Waals surface area contributed by atoms with Crippen LogP contribution >= 0.6 is 15.9 Å². The van der Waals surface area contributed by atoms with Crippen LogP contribution in [0.3, 0.4) is 0 Å². The van der Waals surface area contributed by atoms with Gasteiger partial charge in [0, 0.05) is 27.6 Å². The number of hydrogen-bond donors (Lipinski definition) is 2. The minimum absolute atomic E-state index is 0.693. The van der Waals surface area contributed by atoms with E-state index in [9.17, 15) is 0 Å². The molecule has 0 fully saturated rings. The fourth-order valence-electron chi connectivity index (χ4n) is 1.75. The summed E-state index contributed by atoms with van der Waals surface area (Å²) in [6, 6.07) is 8.50. The molecule has 1 heterocycles. The van der Waals surface area contributed by atoms with Gasteiger partial charge in [0.25, 0.3) is 0 Å². The van der Waals surface area contributed by atoms with E-state index in [4.69, 9.17) is 0 Å². The third-order valence-corrected chi connectivity index (χ3v) is 3.00. The molecule has 0 bridgehead atoms. The Balaban J connectivity index is 2.08. The van der Waals surface area contributed by atoms with Gasteiger partial charge in [-0.2, -0.15) is 0 Å². The van der Waals surface area contributed by atoms with Crippen LogP contribution in [-0.2, 0) is 6.54 Å². The SMILES string of the molecule is CC(C)CNCc1cc2cc(Br)ccc2[nH]1. The number of fused-ring (bicyclic) bond motifs is 1. The Kier molecular flexibility index (Phi) is 3.66. The molecule has 0 atom stereocenters. The number of aromatic amines is 1. The molecule has 86 valence electrons. The van der Waals surface area contributed by atoms with E-state index in [1.807, 2.05) is 0 Å². The number of hydrogen-bond acceptors (Lipinski definition) is 1. The Morgan fingerprint density at radius 3 is 2.88 bits per heavy atom. The summed E-state index contributed by atoms with van der Waals surface area (Å²) in [6.45, 7) is 6.40. The average molecular weight is 281 g/mol. The van der Waals surface area contributed by atoms with E-state index in [1.54, 1.807) is 0 Å². The number of nitrogens with one attached hydrogen (secondary N) is 2. The lowest BCUT2D eigenvalue weighted by Crippen LogP contribution is -2.18. The molecule has 2 aromatic rings. The van der Waals surface area contributed by atoms with Gasteiger partial charge in [0.2, 0.25) is 0 Å². The molecule has 2 nitrogen and oxygen atoms in total. The molecule has 2 N–H and O–H groups in total. The van der Waals surface area contributed by atoms with Crippen LogP contribution in [0.2, 0.25) is 0 Å². The van der Waals surface area contributed by atoms with Gasteiger partial charge in [0.15, 0.2) is 0 Å². The Hall–Kier alpha value is -0.800. The van der Waals surface area contributed by atoms with Crippen molar-refractivity contribution >= 4 is 26.8 Å². The maximum atomic E-state index is 3.48. The normalized spacial score (nSPS) is 11.5. The smallest absolute Gasteiger partial charge is 0.0457 e. The zero-order chi connectivity index (χ0) is 11.5. The molecule has 0 aliphatic rings. The van der Waals surface area contributed by atoms with E-state index in [0.29, 0.717) is 5.92 Å². The highest BCUT2D eigenvalue weighted by molar-refractivity contribution is 9.10.